The van der Waals surface area contributed by atoms with E-state index in [0.29, 0.717) is 19.0 Å². The SMILES string of the molecule is Cc1ccc(C)n1C(N)=CC1=NCCOC1C. The summed E-state index contributed by atoms with van der Waals surface area (Å²) in [6, 6.07) is 4.11. The first-order chi connectivity index (χ1) is 8.09. The van der Waals surface area contributed by atoms with E-state index in [0.717, 1.165) is 17.1 Å². The van der Waals surface area contributed by atoms with E-state index in [4.69, 9.17) is 10.5 Å². The molecule has 4 heteroatoms. The first-order valence-corrected chi connectivity index (χ1v) is 5.88. The van der Waals surface area contributed by atoms with E-state index in [1.807, 2.05) is 31.4 Å². The van der Waals surface area contributed by atoms with Crippen LogP contribution < -0.4 is 5.73 Å². The van der Waals surface area contributed by atoms with Crippen LogP contribution in [-0.4, -0.2) is 29.5 Å². The van der Waals surface area contributed by atoms with Gasteiger partial charge in [0.15, 0.2) is 0 Å². The van der Waals surface area contributed by atoms with Gasteiger partial charge in [-0.1, -0.05) is 0 Å². The third kappa shape index (κ3) is 2.42. The summed E-state index contributed by atoms with van der Waals surface area (Å²) >= 11 is 0. The Bertz CT molecular complexity index is 452. The van der Waals surface area contributed by atoms with Crippen molar-refractivity contribution in [1.29, 1.82) is 0 Å². The number of aryl methyl sites for hydroxylation is 2. The summed E-state index contributed by atoms with van der Waals surface area (Å²) in [7, 11) is 0. The summed E-state index contributed by atoms with van der Waals surface area (Å²) in [4.78, 5) is 4.44. The molecule has 0 amide bonds. The zero-order chi connectivity index (χ0) is 12.4. The summed E-state index contributed by atoms with van der Waals surface area (Å²) in [5.74, 6) is 0.695. The molecule has 0 spiro atoms. The molecule has 4 nitrogen and oxygen atoms in total. The smallest absolute Gasteiger partial charge is 0.109 e. The number of hydrogen-bond donors (Lipinski definition) is 1. The van der Waals surface area contributed by atoms with Crippen LogP contribution in [0.2, 0.25) is 0 Å². The van der Waals surface area contributed by atoms with E-state index in [1.54, 1.807) is 0 Å². The second kappa shape index (κ2) is 4.75. The maximum absolute atomic E-state index is 6.12. The quantitative estimate of drug-likeness (QED) is 0.845. The first kappa shape index (κ1) is 11.9. The van der Waals surface area contributed by atoms with Gasteiger partial charge in [-0.15, -0.1) is 0 Å². The van der Waals surface area contributed by atoms with Gasteiger partial charge < -0.3 is 15.0 Å². The van der Waals surface area contributed by atoms with Crippen LogP contribution in [0.25, 0.3) is 5.82 Å². The van der Waals surface area contributed by atoms with E-state index in [1.165, 1.54) is 0 Å². The molecule has 1 atom stereocenters. The Labute approximate surface area is 102 Å². The molecule has 0 aliphatic carbocycles. The highest BCUT2D eigenvalue weighted by Crippen LogP contribution is 2.13. The zero-order valence-electron chi connectivity index (χ0n) is 10.6. The topological polar surface area (TPSA) is 52.5 Å². The fourth-order valence-electron chi connectivity index (χ4n) is 2.07. The monoisotopic (exact) mass is 233 g/mol. The summed E-state index contributed by atoms with van der Waals surface area (Å²) in [6.45, 7) is 7.48. The molecule has 0 radical (unpaired) electrons. The van der Waals surface area contributed by atoms with Gasteiger partial charge in [-0.3, -0.25) is 4.99 Å². The van der Waals surface area contributed by atoms with Gasteiger partial charge in [-0.2, -0.15) is 0 Å². The third-order valence-corrected chi connectivity index (χ3v) is 3.00. The third-order valence-electron chi connectivity index (χ3n) is 3.00. The molecule has 1 aromatic heterocycles. The number of hydrogen-bond acceptors (Lipinski definition) is 3. The molecule has 17 heavy (non-hydrogen) atoms. The van der Waals surface area contributed by atoms with Crippen LogP contribution in [-0.2, 0) is 4.74 Å². The van der Waals surface area contributed by atoms with E-state index < -0.39 is 0 Å². The van der Waals surface area contributed by atoms with Crippen LogP contribution in [0.15, 0.2) is 23.2 Å². The van der Waals surface area contributed by atoms with Crippen LogP contribution in [0.5, 0.6) is 0 Å². The molecule has 2 rings (SSSR count). The van der Waals surface area contributed by atoms with Crippen LogP contribution in [0.3, 0.4) is 0 Å². The van der Waals surface area contributed by atoms with Crippen molar-refractivity contribution in [1.82, 2.24) is 4.57 Å². The van der Waals surface area contributed by atoms with Crippen molar-refractivity contribution in [3.05, 3.63) is 29.6 Å². The lowest BCUT2D eigenvalue weighted by atomic mass is 10.2. The molecule has 1 unspecified atom stereocenters. The Morgan fingerprint density at radius 1 is 1.47 bits per heavy atom. The minimum absolute atomic E-state index is 0.0264. The largest absolute Gasteiger partial charge is 0.385 e. The van der Waals surface area contributed by atoms with E-state index in [2.05, 4.69) is 17.1 Å². The van der Waals surface area contributed by atoms with Gasteiger partial charge in [0.1, 0.15) is 5.82 Å². The van der Waals surface area contributed by atoms with E-state index >= 15 is 0 Å². The van der Waals surface area contributed by atoms with Gasteiger partial charge >= 0.3 is 0 Å². The summed E-state index contributed by atoms with van der Waals surface area (Å²) in [6.07, 6.45) is 1.93. The summed E-state index contributed by atoms with van der Waals surface area (Å²) in [5.41, 5.74) is 9.29. The lowest BCUT2D eigenvalue weighted by molar-refractivity contribution is 0.108. The van der Waals surface area contributed by atoms with E-state index in [-0.39, 0.29) is 6.10 Å². The van der Waals surface area contributed by atoms with Gasteiger partial charge in [0.25, 0.3) is 0 Å². The van der Waals surface area contributed by atoms with Gasteiger partial charge in [0, 0.05) is 17.5 Å². The number of aromatic nitrogens is 1. The fraction of sp³-hybridized carbons (Fsp3) is 0.462. The Balaban J connectivity index is 2.31. The second-order valence-electron chi connectivity index (χ2n) is 4.34. The van der Waals surface area contributed by atoms with Crippen molar-refractivity contribution in [2.45, 2.75) is 26.9 Å². The lowest BCUT2D eigenvalue weighted by Crippen LogP contribution is -2.27. The minimum atomic E-state index is 0.0264. The Hall–Kier alpha value is -1.55. The predicted molar refractivity (Wildman–Crippen MR) is 70.1 cm³/mol. The molecule has 1 aliphatic heterocycles. The average Bonchev–Trinajstić information content (AvgIpc) is 2.62. The van der Waals surface area contributed by atoms with Crippen LogP contribution in [0, 0.1) is 13.8 Å². The Morgan fingerprint density at radius 2 is 2.12 bits per heavy atom. The molecule has 2 heterocycles. The van der Waals surface area contributed by atoms with Gasteiger partial charge in [-0.05, 0) is 32.9 Å². The molecule has 0 saturated carbocycles. The number of nitrogens with zero attached hydrogens (tertiary/aromatic N) is 2. The highest BCUT2D eigenvalue weighted by Gasteiger charge is 2.14. The molecular weight excluding hydrogens is 214 g/mol. The standard InChI is InChI=1S/C13H19N3O/c1-9-4-5-10(2)16(9)13(14)8-12-11(3)17-7-6-15-12/h4-5,8,11H,6-7,14H2,1-3H3. The van der Waals surface area contributed by atoms with Crippen molar-refractivity contribution in [2.24, 2.45) is 10.7 Å². The number of aliphatic imine (C=N–C) groups is 1. The van der Waals surface area contributed by atoms with Gasteiger partial charge in [0.05, 0.1) is 25.0 Å². The van der Waals surface area contributed by atoms with Crippen LogP contribution in [0.1, 0.15) is 18.3 Å². The first-order valence-electron chi connectivity index (χ1n) is 5.88. The highest BCUT2D eigenvalue weighted by molar-refractivity contribution is 6.02. The molecule has 0 fully saturated rings. The number of ether oxygens (including phenoxy) is 1. The molecule has 2 N–H and O–H groups in total. The molecule has 1 aromatic rings. The minimum Gasteiger partial charge on any atom is -0.385 e. The van der Waals surface area contributed by atoms with Crippen molar-refractivity contribution in [3.8, 4) is 0 Å². The molecule has 1 aliphatic rings. The number of nitrogens with two attached hydrogens (primary N) is 1. The van der Waals surface area contributed by atoms with Crippen molar-refractivity contribution in [3.63, 3.8) is 0 Å². The molecule has 0 bridgehead atoms. The Kier molecular flexibility index (Phi) is 3.33. The van der Waals surface area contributed by atoms with Crippen molar-refractivity contribution >= 4 is 11.5 Å². The molecular formula is C13H19N3O. The second-order valence-corrected chi connectivity index (χ2v) is 4.34. The van der Waals surface area contributed by atoms with Crippen LogP contribution >= 0.6 is 0 Å². The van der Waals surface area contributed by atoms with Gasteiger partial charge in [-0.25, -0.2) is 0 Å². The van der Waals surface area contributed by atoms with Gasteiger partial charge in [0.2, 0.25) is 0 Å². The average molecular weight is 233 g/mol. The summed E-state index contributed by atoms with van der Waals surface area (Å²) in [5, 5.41) is 0. The number of rotatable bonds is 2. The predicted octanol–water partition coefficient (Wildman–Crippen LogP) is 1.72. The zero-order valence-corrected chi connectivity index (χ0v) is 10.6. The molecule has 92 valence electrons. The maximum Gasteiger partial charge on any atom is 0.109 e. The molecule has 0 saturated heterocycles. The maximum atomic E-state index is 6.12. The normalized spacial score (nSPS) is 21.5. The van der Waals surface area contributed by atoms with Crippen molar-refractivity contribution in [2.75, 3.05) is 13.2 Å². The van der Waals surface area contributed by atoms with Crippen LogP contribution in [0.4, 0.5) is 0 Å². The summed E-state index contributed by atoms with van der Waals surface area (Å²) < 4.78 is 7.55. The highest BCUT2D eigenvalue weighted by atomic mass is 16.5. The molecule has 0 aromatic carbocycles. The van der Waals surface area contributed by atoms with E-state index in [9.17, 15) is 0 Å². The Morgan fingerprint density at radius 3 is 2.71 bits per heavy atom. The fourth-order valence-corrected chi connectivity index (χ4v) is 2.07. The lowest BCUT2D eigenvalue weighted by Gasteiger charge is -2.19. The van der Waals surface area contributed by atoms with Crippen molar-refractivity contribution < 1.29 is 4.74 Å².